The van der Waals surface area contributed by atoms with E-state index in [1.807, 2.05) is 6.92 Å². The molecule has 1 aliphatic rings. The van der Waals surface area contributed by atoms with Gasteiger partial charge < -0.3 is 4.74 Å². The SMILES string of the molecule is Cc1ccc(S(=O)(=O)OCCCc2cnn(C3CCCCO3)c(=O)c2C(F)F)cc1. The fourth-order valence-electron chi connectivity index (χ4n) is 3.27. The highest BCUT2D eigenvalue weighted by atomic mass is 32.2. The summed E-state index contributed by atoms with van der Waals surface area (Å²) in [5.74, 6) is 0. The molecule has 1 unspecified atom stereocenters. The van der Waals surface area contributed by atoms with Gasteiger partial charge in [0, 0.05) is 6.61 Å². The Morgan fingerprint density at radius 3 is 2.63 bits per heavy atom. The smallest absolute Gasteiger partial charge is 0.296 e. The Morgan fingerprint density at radius 2 is 2.00 bits per heavy atom. The Bertz CT molecular complexity index is 1020. The van der Waals surface area contributed by atoms with Crippen molar-refractivity contribution < 1.29 is 26.1 Å². The van der Waals surface area contributed by atoms with E-state index in [0.717, 1.165) is 23.1 Å². The molecule has 0 bridgehead atoms. The van der Waals surface area contributed by atoms with E-state index in [1.54, 1.807) is 12.1 Å². The van der Waals surface area contributed by atoms with E-state index in [9.17, 15) is 22.0 Å². The van der Waals surface area contributed by atoms with Gasteiger partial charge in [-0.3, -0.25) is 8.98 Å². The predicted molar refractivity (Wildman–Crippen MR) is 105 cm³/mol. The van der Waals surface area contributed by atoms with E-state index >= 15 is 0 Å². The number of aryl methyl sites for hydroxylation is 2. The second kappa shape index (κ2) is 9.76. The molecule has 7 nitrogen and oxygen atoms in total. The number of nitrogens with zero attached hydrogens (tertiary/aromatic N) is 2. The van der Waals surface area contributed by atoms with E-state index in [0.29, 0.717) is 13.0 Å². The fourth-order valence-corrected chi connectivity index (χ4v) is 4.22. The third-order valence-corrected chi connectivity index (χ3v) is 6.23. The molecule has 2 heterocycles. The fraction of sp³-hybridized carbons (Fsp3) is 0.500. The average Bonchev–Trinajstić information content (AvgIpc) is 2.72. The zero-order valence-electron chi connectivity index (χ0n) is 16.6. The van der Waals surface area contributed by atoms with Gasteiger partial charge in [-0.05, 0) is 56.7 Å². The Labute approximate surface area is 173 Å². The van der Waals surface area contributed by atoms with Crippen LogP contribution in [0.5, 0.6) is 0 Å². The highest BCUT2D eigenvalue weighted by Gasteiger charge is 2.25. The van der Waals surface area contributed by atoms with Crippen LogP contribution in [-0.4, -0.2) is 31.4 Å². The molecule has 30 heavy (non-hydrogen) atoms. The molecule has 1 aliphatic heterocycles. The molecule has 1 saturated heterocycles. The van der Waals surface area contributed by atoms with Crippen LogP contribution in [-0.2, 0) is 25.5 Å². The van der Waals surface area contributed by atoms with Gasteiger partial charge in [0.05, 0.1) is 23.3 Å². The van der Waals surface area contributed by atoms with E-state index < -0.39 is 33.9 Å². The molecule has 0 spiro atoms. The van der Waals surface area contributed by atoms with Crippen molar-refractivity contribution in [1.29, 1.82) is 0 Å². The zero-order valence-corrected chi connectivity index (χ0v) is 17.4. The summed E-state index contributed by atoms with van der Waals surface area (Å²) in [7, 11) is -3.93. The average molecular weight is 442 g/mol. The van der Waals surface area contributed by atoms with Crippen molar-refractivity contribution in [2.45, 2.75) is 56.6 Å². The van der Waals surface area contributed by atoms with Gasteiger partial charge in [-0.1, -0.05) is 17.7 Å². The van der Waals surface area contributed by atoms with Crippen molar-refractivity contribution in [2.75, 3.05) is 13.2 Å². The summed E-state index contributed by atoms with van der Waals surface area (Å²) in [6.07, 6.45) is 0.0273. The molecule has 2 aromatic rings. The number of rotatable bonds is 8. The minimum Gasteiger partial charge on any atom is -0.356 e. The van der Waals surface area contributed by atoms with Gasteiger partial charge >= 0.3 is 0 Å². The van der Waals surface area contributed by atoms with Crippen molar-refractivity contribution in [3.63, 3.8) is 0 Å². The predicted octanol–water partition coefficient (Wildman–Crippen LogP) is 3.53. The highest BCUT2D eigenvalue weighted by molar-refractivity contribution is 7.86. The number of halogens is 2. The molecule has 3 rings (SSSR count). The van der Waals surface area contributed by atoms with Crippen LogP contribution < -0.4 is 5.56 Å². The van der Waals surface area contributed by atoms with Gasteiger partial charge in [-0.2, -0.15) is 13.5 Å². The third kappa shape index (κ3) is 5.30. The minimum atomic E-state index is -3.93. The molecule has 1 aromatic carbocycles. The lowest BCUT2D eigenvalue weighted by Gasteiger charge is -2.24. The molecule has 164 valence electrons. The van der Waals surface area contributed by atoms with Gasteiger partial charge in [0.25, 0.3) is 22.1 Å². The number of alkyl halides is 2. The van der Waals surface area contributed by atoms with E-state index in [4.69, 9.17) is 8.92 Å². The molecular weight excluding hydrogens is 418 g/mol. The van der Waals surface area contributed by atoms with Gasteiger partial charge in [0.1, 0.15) is 0 Å². The Kier molecular flexibility index (Phi) is 7.32. The monoisotopic (exact) mass is 442 g/mol. The molecule has 0 amide bonds. The maximum atomic E-state index is 13.6. The van der Waals surface area contributed by atoms with Gasteiger partial charge in [-0.25, -0.2) is 13.5 Å². The standard InChI is InChI=1S/C20H24F2N2O5S/c1-14-7-9-16(10-8-14)30(26,27)29-12-4-5-15-13-23-24(17-6-2-3-11-28-17)20(25)18(15)19(21)22/h7-10,13,17,19H,2-6,11-12H2,1H3. The largest absolute Gasteiger partial charge is 0.356 e. The van der Waals surface area contributed by atoms with Crippen LogP contribution in [0.15, 0.2) is 40.2 Å². The quantitative estimate of drug-likeness (QED) is 0.459. The topological polar surface area (TPSA) is 87.5 Å². The van der Waals surface area contributed by atoms with Crippen LogP contribution in [0.3, 0.4) is 0 Å². The summed E-state index contributed by atoms with van der Waals surface area (Å²) in [6.45, 7) is 2.09. The zero-order chi connectivity index (χ0) is 21.7. The maximum Gasteiger partial charge on any atom is 0.296 e. The molecule has 0 radical (unpaired) electrons. The number of hydrogen-bond acceptors (Lipinski definition) is 6. The molecule has 10 heteroatoms. The normalized spacial score (nSPS) is 17.4. The third-order valence-electron chi connectivity index (χ3n) is 4.91. The first kappa shape index (κ1) is 22.5. The van der Waals surface area contributed by atoms with Crippen molar-refractivity contribution in [1.82, 2.24) is 9.78 Å². The van der Waals surface area contributed by atoms with Crippen LogP contribution in [0, 0.1) is 6.92 Å². The summed E-state index contributed by atoms with van der Waals surface area (Å²) in [5.41, 5.74) is -0.504. The lowest BCUT2D eigenvalue weighted by molar-refractivity contribution is -0.0432. The van der Waals surface area contributed by atoms with E-state index in [2.05, 4.69) is 5.10 Å². The Balaban J connectivity index is 1.67. The van der Waals surface area contributed by atoms with Crippen LogP contribution in [0.4, 0.5) is 8.78 Å². The first-order valence-corrected chi connectivity index (χ1v) is 11.2. The second-order valence-electron chi connectivity index (χ2n) is 7.15. The van der Waals surface area contributed by atoms with Gasteiger partial charge in [0.15, 0.2) is 6.23 Å². The lowest BCUT2D eigenvalue weighted by Crippen LogP contribution is -2.34. The molecule has 0 N–H and O–H groups in total. The van der Waals surface area contributed by atoms with Crippen molar-refractivity contribution in [3.05, 3.63) is 57.5 Å². The Hall–Kier alpha value is -2.17. The van der Waals surface area contributed by atoms with E-state index in [1.165, 1.54) is 18.3 Å². The van der Waals surface area contributed by atoms with Crippen LogP contribution in [0.25, 0.3) is 0 Å². The Morgan fingerprint density at radius 1 is 1.27 bits per heavy atom. The van der Waals surface area contributed by atoms with Crippen LogP contribution in [0.1, 0.15) is 55.0 Å². The molecule has 1 fully saturated rings. The van der Waals surface area contributed by atoms with Crippen molar-refractivity contribution in [2.24, 2.45) is 0 Å². The first-order valence-electron chi connectivity index (χ1n) is 9.76. The number of ether oxygens (including phenoxy) is 1. The molecular formula is C20H24F2N2O5S. The van der Waals surface area contributed by atoms with Crippen molar-refractivity contribution >= 4 is 10.1 Å². The van der Waals surface area contributed by atoms with Crippen molar-refractivity contribution in [3.8, 4) is 0 Å². The summed E-state index contributed by atoms with van der Waals surface area (Å²) in [5, 5.41) is 4.02. The lowest BCUT2D eigenvalue weighted by atomic mass is 10.1. The number of benzene rings is 1. The summed E-state index contributed by atoms with van der Waals surface area (Å²) < 4.78 is 63.0. The summed E-state index contributed by atoms with van der Waals surface area (Å²) in [6, 6.07) is 6.19. The number of hydrogen-bond donors (Lipinski definition) is 0. The van der Waals surface area contributed by atoms with Gasteiger partial charge in [0.2, 0.25) is 0 Å². The van der Waals surface area contributed by atoms with Crippen LogP contribution in [0.2, 0.25) is 0 Å². The highest BCUT2D eigenvalue weighted by Crippen LogP contribution is 2.24. The molecule has 1 aromatic heterocycles. The maximum absolute atomic E-state index is 13.6. The molecule has 1 atom stereocenters. The van der Waals surface area contributed by atoms with E-state index in [-0.39, 0.29) is 29.9 Å². The first-order chi connectivity index (χ1) is 14.3. The molecule has 0 aliphatic carbocycles. The minimum absolute atomic E-state index is 0.0260. The van der Waals surface area contributed by atoms with Gasteiger partial charge in [-0.15, -0.1) is 0 Å². The molecule has 0 saturated carbocycles. The number of aromatic nitrogens is 2. The summed E-state index contributed by atoms with van der Waals surface area (Å²) >= 11 is 0. The second-order valence-corrected chi connectivity index (χ2v) is 8.76. The summed E-state index contributed by atoms with van der Waals surface area (Å²) in [4.78, 5) is 12.6. The van der Waals surface area contributed by atoms with Crippen LogP contribution >= 0.6 is 0 Å².